The highest BCUT2D eigenvalue weighted by atomic mass is 19.1. The maximum atomic E-state index is 13.9. The van der Waals surface area contributed by atoms with Crippen molar-refractivity contribution in [2.75, 3.05) is 13.6 Å². The second-order valence-electron chi connectivity index (χ2n) is 7.42. The lowest BCUT2D eigenvalue weighted by Crippen LogP contribution is -2.34. The van der Waals surface area contributed by atoms with Crippen LogP contribution in [0.4, 0.5) is 4.39 Å². The van der Waals surface area contributed by atoms with Crippen LogP contribution in [0.3, 0.4) is 0 Å². The van der Waals surface area contributed by atoms with Gasteiger partial charge in [0.2, 0.25) is 0 Å². The first-order valence-electron chi connectivity index (χ1n) is 10.2. The van der Waals surface area contributed by atoms with Gasteiger partial charge in [0.05, 0.1) is 6.04 Å². The SMILES string of the molecule is C=CCC(C(=C)c1ccccc1)/C(=C\C)N[C@@H](c1cccc(F)c1)[C@H](C)CNC. The Morgan fingerprint density at radius 2 is 1.86 bits per heavy atom. The van der Waals surface area contributed by atoms with Crippen LogP contribution in [0.25, 0.3) is 5.57 Å². The van der Waals surface area contributed by atoms with Gasteiger partial charge in [-0.05, 0) is 61.7 Å². The molecule has 0 saturated heterocycles. The Hall–Kier alpha value is -2.65. The van der Waals surface area contributed by atoms with Crippen molar-refractivity contribution in [2.24, 2.45) is 11.8 Å². The normalized spacial score (nSPS) is 14.7. The van der Waals surface area contributed by atoms with Crippen LogP contribution in [0.1, 0.15) is 37.4 Å². The lowest BCUT2D eigenvalue weighted by atomic mass is 9.86. The number of benzene rings is 2. The summed E-state index contributed by atoms with van der Waals surface area (Å²) in [5.41, 5.74) is 4.18. The molecule has 0 bridgehead atoms. The van der Waals surface area contributed by atoms with Crippen molar-refractivity contribution in [3.8, 4) is 0 Å². The van der Waals surface area contributed by atoms with Crippen LogP contribution in [0.2, 0.25) is 0 Å². The van der Waals surface area contributed by atoms with E-state index in [-0.39, 0.29) is 23.7 Å². The van der Waals surface area contributed by atoms with Gasteiger partial charge in [-0.2, -0.15) is 0 Å². The predicted octanol–water partition coefficient (Wildman–Crippen LogP) is 6.12. The van der Waals surface area contributed by atoms with Crippen LogP contribution >= 0.6 is 0 Å². The van der Waals surface area contributed by atoms with Gasteiger partial charge in [-0.3, -0.25) is 0 Å². The van der Waals surface area contributed by atoms with Gasteiger partial charge in [0.25, 0.3) is 0 Å². The average Bonchev–Trinajstić information content (AvgIpc) is 2.73. The van der Waals surface area contributed by atoms with Crippen molar-refractivity contribution < 1.29 is 4.39 Å². The van der Waals surface area contributed by atoms with Gasteiger partial charge in [-0.1, -0.05) is 68.1 Å². The summed E-state index contributed by atoms with van der Waals surface area (Å²) in [6, 6.07) is 17.0. The van der Waals surface area contributed by atoms with Crippen LogP contribution < -0.4 is 10.6 Å². The highest BCUT2D eigenvalue weighted by molar-refractivity contribution is 5.67. The number of nitrogens with one attached hydrogen (secondary N) is 2. The van der Waals surface area contributed by atoms with E-state index < -0.39 is 0 Å². The van der Waals surface area contributed by atoms with Crippen molar-refractivity contribution in [3.05, 3.63) is 103 Å². The summed E-state index contributed by atoms with van der Waals surface area (Å²) >= 11 is 0. The number of hydrogen-bond donors (Lipinski definition) is 2. The largest absolute Gasteiger partial charge is 0.381 e. The molecule has 0 fully saturated rings. The van der Waals surface area contributed by atoms with E-state index in [9.17, 15) is 4.39 Å². The smallest absolute Gasteiger partial charge is 0.123 e. The summed E-state index contributed by atoms with van der Waals surface area (Å²) in [5, 5.41) is 6.95. The third-order valence-corrected chi connectivity index (χ3v) is 5.28. The number of allylic oxidation sites excluding steroid dienone is 3. The van der Waals surface area contributed by atoms with Crippen LogP contribution in [-0.4, -0.2) is 13.6 Å². The summed E-state index contributed by atoms with van der Waals surface area (Å²) in [5.74, 6) is 0.119. The number of halogens is 1. The fourth-order valence-electron chi connectivity index (χ4n) is 3.74. The Balaban J connectivity index is 2.36. The van der Waals surface area contributed by atoms with Crippen molar-refractivity contribution in [1.29, 1.82) is 0 Å². The lowest BCUT2D eigenvalue weighted by molar-refractivity contribution is 0.389. The van der Waals surface area contributed by atoms with Gasteiger partial charge < -0.3 is 10.6 Å². The Kier molecular flexibility index (Phi) is 8.88. The Labute approximate surface area is 175 Å². The summed E-state index contributed by atoms with van der Waals surface area (Å²) in [6.07, 6.45) is 4.80. The fourth-order valence-corrected chi connectivity index (χ4v) is 3.74. The molecule has 0 spiro atoms. The molecule has 0 radical (unpaired) electrons. The first-order valence-corrected chi connectivity index (χ1v) is 10.2. The van der Waals surface area contributed by atoms with Crippen LogP contribution in [0.15, 0.2) is 85.6 Å². The molecule has 0 aliphatic rings. The quantitative estimate of drug-likeness (QED) is 0.450. The molecule has 2 nitrogen and oxygen atoms in total. The second kappa shape index (κ2) is 11.4. The van der Waals surface area contributed by atoms with Crippen molar-refractivity contribution in [3.63, 3.8) is 0 Å². The zero-order chi connectivity index (χ0) is 21.2. The molecule has 0 aliphatic carbocycles. The van der Waals surface area contributed by atoms with Crippen molar-refractivity contribution >= 4 is 5.57 Å². The molecule has 0 aromatic heterocycles. The molecule has 29 heavy (non-hydrogen) atoms. The minimum atomic E-state index is -0.218. The Bertz CT molecular complexity index is 826. The van der Waals surface area contributed by atoms with Gasteiger partial charge in [0, 0.05) is 11.6 Å². The van der Waals surface area contributed by atoms with E-state index in [2.05, 4.69) is 48.9 Å². The summed E-state index contributed by atoms with van der Waals surface area (Å²) < 4.78 is 13.9. The monoisotopic (exact) mass is 392 g/mol. The predicted molar refractivity (Wildman–Crippen MR) is 123 cm³/mol. The van der Waals surface area contributed by atoms with Crippen LogP contribution in [0, 0.1) is 17.7 Å². The molecule has 0 amide bonds. The number of rotatable bonds is 11. The highest BCUT2D eigenvalue weighted by Gasteiger charge is 2.24. The minimum absolute atomic E-state index is 0.0276. The highest BCUT2D eigenvalue weighted by Crippen LogP contribution is 2.33. The summed E-state index contributed by atoms with van der Waals surface area (Å²) in [4.78, 5) is 0. The van der Waals surface area contributed by atoms with Crippen molar-refractivity contribution in [1.82, 2.24) is 10.6 Å². The molecule has 0 saturated carbocycles. The molecule has 2 rings (SSSR count). The van der Waals surface area contributed by atoms with Gasteiger partial charge >= 0.3 is 0 Å². The first-order chi connectivity index (χ1) is 14.0. The zero-order valence-electron chi connectivity index (χ0n) is 17.8. The molecule has 1 unspecified atom stereocenters. The molecule has 0 heterocycles. The Morgan fingerprint density at radius 1 is 1.14 bits per heavy atom. The van der Waals surface area contributed by atoms with Crippen LogP contribution in [-0.2, 0) is 0 Å². The third-order valence-electron chi connectivity index (χ3n) is 5.28. The Morgan fingerprint density at radius 3 is 2.45 bits per heavy atom. The molecule has 2 aromatic carbocycles. The molecular weight excluding hydrogens is 359 g/mol. The maximum Gasteiger partial charge on any atom is 0.123 e. The molecular formula is C26H33FN2. The topological polar surface area (TPSA) is 24.1 Å². The molecule has 3 heteroatoms. The van der Waals surface area contributed by atoms with E-state index in [1.807, 2.05) is 44.3 Å². The first kappa shape index (κ1) is 22.6. The summed E-state index contributed by atoms with van der Waals surface area (Å²) in [6.45, 7) is 13.4. The van der Waals surface area contributed by atoms with Gasteiger partial charge in [-0.25, -0.2) is 4.39 Å². The van der Waals surface area contributed by atoms with E-state index in [1.54, 1.807) is 12.1 Å². The molecule has 0 aliphatic heterocycles. The molecule has 154 valence electrons. The van der Waals surface area contributed by atoms with E-state index >= 15 is 0 Å². The zero-order valence-corrected chi connectivity index (χ0v) is 17.8. The van der Waals surface area contributed by atoms with E-state index in [4.69, 9.17) is 0 Å². The number of hydrogen-bond acceptors (Lipinski definition) is 2. The lowest BCUT2D eigenvalue weighted by Gasteiger charge is -2.32. The third kappa shape index (κ3) is 6.16. The average molecular weight is 393 g/mol. The van der Waals surface area contributed by atoms with E-state index in [1.165, 1.54) is 6.07 Å². The van der Waals surface area contributed by atoms with Gasteiger partial charge in [0.15, 0.2) is 0 Å². The minimum Gasteiger partial charge on any atom is -0.381 e. The van der Waals surface area contributed by atoms with E-state index in [0.29, 0.717) is 0 Å². The summed E-state index contributed by atoms with van der Waals surface area (Å²) in [7, 11) is 1.94. The van der Waals surface area contributed by atoms with Gasteiger partial charge in [-0.15, -0.1) is 6.58 Å². The second-order valence-corrected chi connectivity index (χ2v) is 7.42. The standard InChI is InChI=1S/C26H33FN2/c1-6-12-24(20(4)21-13-9-8-10-14-21)25(7-2)29-26(19(3)18-28-5)22-15-11-16-23(27)17-22/h6-11,13-17,19,24,26,28-29H,1,4,12,18H2,2-3,5H3/b25-7+/t19-,24?,26-/m1/s1. The molecule has 3 atom stereocenters. The maximum absolute atomic E-state index is 13.9. The van der Waals surface area contributed by atoms with Gasteiger partial charge in [0.1, 0.15) is 5.82 Å². The molecule has 2 aromatic rings. The van der Waals surface area contributed by atoms with Crippen LogP contribution in [0.5, 0.6) is 0 Å². The fraction of sp³-hybridized carbons (Fsp3) is 0.308. The van der Waals surface area contributed by atoms with Crippen molar-refractivity contribution in [2.45, 2.75) is 26.3 Å². The van der Waals surface area contributed by atoms with E-state index in [0.717, 1.165) is 35.4 Å². The molecule has 2 N–H and O–H groups in total.